The van der Waals surface area contributed by atoms with E-state index in [1.54, 1.807) is 0 Å². The molecular weight excluding hydrogens is 499 g/mol. The molecule has 0 aliphatic heterocycles. The van der Waals surface area contributed by atoms with Crippen LogP contribution >= 0.6 is 0 Å². The summed E-state index contributed by atoms with van der Waals surface area (Å²) in [5.74, 6) is 0. The van der Waals surface area contributed by atoms with Crippen LogP contribution in [-0.2, 0) is 26.2 Å². The summed E-state index contributed by atoms with van der Waals surface area (Å²) in [6.45, 7) is 0. The third-order valence-electron chi connectivity index (χ3n) is 4.31. The van der Waals surface area contributed by atoms with Crippen molar-refractivity contribution in [2.24, 2.45) is 0 Å². The molecule has 0 aliphatic carbocycles. The Balaban J connectivity index is 0. The van der Waals surface area contributed by atoms with E-state index >= 15 is 0 Å². The minimum Gasteiger partial charge on any atom is -1.00 e. The van der Waals surface area contributed by atoms with Crippen molar-refractivity contribution in [2.75, 3.05) is 0 Å². The van der Waals surface area contributed by atoms with Gasteiger partial charge in [0.25, 0.3) is 0 Å². The van der Waals surface area contributed by atoms with Gasteiger partial charge >= 0.3 is 0 Å². The van der Waals surface area contributed by atoms with E-state index in [2.05, 4.69) is 97.1 Å². The SMILES string of the molecule is [CH3-].[Cl-].[H-].[Zr].[c-]1ccccc1.[c-]1ccccc1.c1ccc2[cH-]ccc2c1.c1ccc2[cH-]ccc2c1. The zero-order valence-corrected chi connectivity index (χ0v) is 21.9. The molecule has 0 amide bonds. The topological polar surface area (TPSA) is 0 Å². The van der Waals surface area contributed by atoms with Crippen LogP contribution in [-0.4, -0.2) is 0 Å². The van der Waals surface area contributed by atoms with Gasteiger partial charge in [-0.1, -0.05) is 12.1 Å². The zero-order valence-electron chi connectivity index (χ0n) is 19.7. The minimum absolute atomic E-state index is 0. The molecule has 0 N–H and O–H groups in total. The monoisotopic (exact) mass is 525 g/mol. The van der Waals surface area contributed by atoms with E-state index in [9.17, 15) is 0 Å². The molecule has 0 nitrogen and oxygen atoms in total. The molecular formula is C31H28ClZr-7. The van der Waals surface area contributed by atoms with Crippen LogP contribution in [0.15, 0.2) is 146 Å². The molecule has 0 atom stereocenters. The van der Waals surface area contributed by atoms with Gasteiger partial charge in [0.2, 0.25) is 0 Å². The van der Waals surface area contributed by atoms with Gasteiger partial charge < -0.3 is 21.3 Å². The minimum atomic E-state index is 0. The Bertz CT molecular complexity index is 986. The van der Waals surface area contributed by atoms with E-state index in [0.717, 1.165) is 0 Å². The van der Waals surface area contributed by atoms with Crippen LogP contribution in [0.25, 0.3) is 21.5 Å². The first kappa shape index (κ1) is 30.3. The van der Waals surface area contributed by atoms with E-state index in [1.165, 1.54) is 21.5 Å². The summed E-state index contributed by atoms with van der Waals surface area (Å²) in [6, 6.07) is 54.3. The molecule has 0 unspecified atom stereocenters. The molecule has 0 saturated carbocycles. The van der Waals surface area contributed by atoms with Gasteiger partial charge in [0.15, 0.2) is 0 Å². The Morgan fingerprint density at radius 3 is 1.12 bits per heavy atom. The van der Waals surface area contributed by atoms with Crippen molar-refractivity contribution in [1.82, 2.24) is 0 Å². The van der Waals surface area contributed by atoms with Gasteiger partial charge in [-0.15, -0.1) is 59.3 Å². The Labute approximate surface area is 225 Å². The molecule has 170 valence electrons. The van der Waals surface area contributed by atoms with Crippen molar-refractivity contribution in [1.29, 1.82) is 0 Å². The summed E-state index contributed by atoms with van der Waals surface area (Å²) in [7, 11) is 0. The first-order chi connectivity index (χ1) is 14.9. The number of rotatable bonds is 0. The standard InChI is InChI=1S/2C9H7.2C6H5.CH3.ClH.Zr.H/c2*1-2-5-9-7-3-6-8(9)4-1;2*1-2-4-6-5-3-1;;;;/h2*1-7H;2*1-5H;1H3;1H;;/q5*-1;;;-1/p-1. The third kappa shape index (κ3) is 11.6. The maximum atomic E-state index is 2.89. The average molecular weight is 527 g/mol. The molecule has 0 spiro atoms. The Hall–Kier alpha value is -2.73. The molecule has 2 heteroatoms. The molecule has 0 saturated heterocycles. The van der Waals surface area contributed by atoms with Gasteiger partial charge in [0, 0.05) is 26.2 Å². The van der Waals surface area contributed by atoms with Gasteiger partial charge in [-0.2, -0.15) is 108 Å². The number of hydrogen-bond donors (Lipinski definition) is 0. The van der Waals surface area contributed by atoms with Crippen LogP contribution in [0.2, 0.25) is 0 Å². The molecule has 0 aliphatic rings. The summed E-state index contributed by atoms with van der Waals surface area (Å²) in [4.78, 5) is 0. The molecule has 0 aromatic heterocycles. The maximum Gasteiger partial charge on any atom is 0 e. The Morgan fingerprint density at radius 1 is 0.485 bits per heavy atom. The van der Waals surface area contributed by atoms with E-state index in [4.69, 9.17) is 0 Å². The van der Waals surface area contributed by atoms with Crippen molar-refractivity contribution >= 4 is 21.5 Å². The fraction of sp³-hybridized carbons (Fsp3) is 0. The van der Waals surface area contributed by atoms with Crippen LogP contribution in [0, 0.1) is 19.6 Å². The fourth-order valence-electron chi connectivity index (χ4n) is 2.82. The second kappa shape index (κ2) is 18.8. The van der Waals surface area contributed by atoms with Crippen molar-refractivity contribution < 1.29 is 40.0 Å². The maximum absolute atomic E-state index is 2.89. The predicted molar refractivity (Wildman–Crippen MR) is 137 cm³/mol. The molecule has 6 aromatic carbocycles. The Morgan fingerprint density at radius 2 is 0.848 bits per heavy atom. The summed E-state index contributed by atoms with van der Waals surface area (Å²) < 4.78 is 0. The van der Waals surface area contributed by atoms with E-state index in [0.29, 0.717) is 0 Å². The van der Waals surface area contributed by atoms with Gasteiger partial charge in [-0.05, 0) is 0 Å². The molecule has 0 fully saturated rings. The first-order valence-corrected chi connectivity index (χ1v) is 9.96. The second-order valence-electron chi connectivity index (χ2n) is 6.46. The van der Waals surface area contributed by atoms with Gasteiger partial charge in [-0.25, -0.2) is 0 Å². The summed E-state index contributed by atoms with van der Waals surface area (Å²) in [5, 5.41) is 5.32. The largest absolute Gasteiger partial charge is 1.00 e. The zero-order chi connectivity index (χ0) is 20.7. The Kier molecular flexibility index (Phi) is 17.3. The van der Waals surface area contributed by atoms with E-state index in [-0.39, 0.29) is 47.5 Å². The number of hydrogen-bond acceptors (Lipinski definition) is 0. The van der Waals surface area contributed by atoms with Crippen molar-refractivity contribution in [3.63, 3.8) is 0 Å². The predicted octanol–water partition coefficient (Wildman–Crippen LogP) is 5.66. The van der Waals surface area contributed by atoms with Gasteiger partial charge in [-0.3, -0.25) is 0 Å². The molecule has 0 heterocycles. The van der Waals surface area contributed by atoms with Gasteiger partial charge in [0.05, 0.1) is 0 Å². The molecule has 0 bridgehead atoms. The summed E-state index contributed by atoms with van der Waals surface area (Å²) in [6.07, 6.45) is 0. The third-order valence-corrected chi connectivity index (χ3v) is 4.31. The molecule has 0 radical (unpaired) electrons. The van der Waals surface area contributed by atoms with Crippen LogP contribution in [0.5, 0.6) is 0 Å². The second-order valence-corrected chi connectivity index (χ2v) is 6.46. The average Bonchev–Trinajstić information content (AvgIpc) is 3.52. The number of benzene rings is 4. The van der Waals surface area contributed by atoms with Gasteiger partial charge in [0.1, 0.15) is 0 Å². The van der Waals surface area contributed by atoms with Crippen LogP contribution < -0.4 is 12.4 Å². The van der Waals surface area contributed by atoms with E-state index in [1.807, 2.05) is 60.7 Å². The van der Waals surface area contributed by atoms with Crippen molar-refractivity contribution in [2.45, 2.75) is 0 Å². The first-order valence-electron chi connectivity index (χ1n) is 9.96. The van der Waals surface area contributed by atoms with Crippen molar-refractivity contribution in [3.8, 4) is 0 Å². The fourth-order valence-corrected chi connectivity index (χ4v) is 2.82. The van der Waals surface area contributed by atoms with Crippen LogP contribution in [0.1, 0.15) is 1.43 Å². The molecule has 6 rings (SSSR count). The van der Waals surface area contributed by atoms with Crippen molar-refractivity contribution in [3.05, 3.63) is 165 Å². The normalized spacial score (nSPS) is 8.48. The number of halogens is 1. The smallest absolute Gasteiger partial charge is 0 e. The molecule has 6 aromatic rings. The number of fused-ring (bicyclic) bond motifs is 2. The van der Waals surface area contributed by atoms with Crippen LogP contribution in [0.4, 0.5) is 0 Å². The summed E-state index contributed by atoms with van der Waals surface area (Å²) >= 11 is 0. The summed E-state index contributed by atoms with van der Waals surface area (Å²) in [5.41, 5.74) is 0. The quantitative estimate of drug-likeness (QED) is 0.224. The van der Waals surface area contributed by atoms with Crippen LogP contribution in [0.3, 0.4) is 0 Å². The molecule has 33 heavy (non-hydrogen) atoms. The van der Waals surface area contributed by atoms with E-state index < -0.39 is 0 Å².